The maximum absolute atomic E-state index is 13.2. The van der Waals surface area contributed by atoms with Crippen LogP contribution in [-0.4, -0.2) is 52.9 Å². The highest BCUT2D eigenvalue weighted by Gasteiger charge is 2.38. The van der Waals surface area contributed by atoms with Crippen molar-refractivity contribution < 1.29 is 9.53 Å². The first-order valence-corrected chi connectivity index (χ1v) is 10.2. The minimum atomic E-state index is 0.000635. The van der Waals surface area contributed by atoms with Gasteiger partial charge in [0.15, 0.2) is 0 Å². The van der Waals surface area contributed by atoms with E-state index in [-0.39, 0.29) is 23.8 Å². The molecule has 4 rings (SSSR count). The van der Waals surface area contributed by atoms with E-state index in [1.165, 1.54) is 11.1 Å². The Labute approximate surface area is 166 Å². The molecule has 150 valence electrons. The number of benzene rings is 1. The van der Waals surface area contributed by atoms with E-state index < -0.39 is 0 Å². The standard InChI is InChI=1S/C22H30N4O2/c1-15-4-5-16(2)21(10-15)28-18-6-8-26(9-7-18)22(27)20-13-23-12-19(20)17-11-24-25(3)14-17/h4-5,10-11,14,18-20,23H,6-9,12-13H2,1-3H3/t19-,20+/m1/s1. The number of nitrogens with one attached hydrogen (secondary N) is 1. The Kier molecular flexibility index (Phi) is 5.40. The summed E-state index contributed by atoms with van der Waals surface area (Å²) in [5, 5.41) is 7.67. The Morgan fingerprint density at radius 1 is 1.21 bits per heavy atom. The van der Waals surface area contributed by atoms with Crippen LogP contribution in [0.3, 0.4) is 0 Å². The maximum atomic E-state index is 13.2. The molecular formula is C22H30N4O2. The van der Waals surface area contributed by atoms with Gasteiger partial charge in [0.05, 0.1) is 12.1 Å². The molecule has 1 amide bonds. The predicted octanol–water partition coefficient (Wildman–Crippen LogP) is 2.41. The van der Waals surface area contributed by atoms with E-state index in [0.717, 1.165) is 50.3 Å². The number of carbonyl (C=O) groups is 1. The third-order valence-electron chi connectivity index (χ3n) is 6.08. The molecule has 0 aliphatic carbocycles. The number of aromatic nitrogens is 2. The van der Waals surface area contributed by atoms with Crippen molar-refractivity contribution >= 4 is 5.91 Å². The van der Waals surface area contributed by atoms with E-state index in [2.05, 4.69) is 42.5 Å². The minimum absolute atomic E-state index is 0.000635. The van der Waals surface area contributed by atoms with Crippen LogP contribution in [0.15, 0.2) is 30.6 Å². The van der Waals surface area contributed by atoms with Gasteiger partial charge < -0.3 is 15.0 Å². The summed E-state index contributed by atoms with van der Waals surface area (Å²) in [7, 11) is 1.92. The van der Waals surface area contributed by atoms with Gasteiger partial charge in [-0.05, 0) is 36.6 Å². The summed E-state index contributed by atoms with van der Waals surface area (Å²) in [5.74, 6) is 1.45. The number of nitrogens with zero attached hydrogens (tertiary/aromatic N) is 3. The SMILES string of the molecule is Cc1ccc(C)c(OC2CCN(C(=O)[C@H]3CNC[C@@H]3c3cnn(C)c3)CC2)c1. The predicted molar refractivity (Wildman–Crippen MR) is 108 cm³/mol. The second kappa shape index (κ2) is 7.95. The first kappa shape index (κ1) is 19.0. The van der Waals surface area contributed by atoms with E-state index >= 15 is 0 Å². The Morgan fingerprint density at radius 3 is 2.71 bits per heavy atom. The molecule has 0 saturated carbocycles. The molecule has 3 heterocycles. The van der Waals surface area contributed by atoms with Crippen molar-refractivity contribution in [3.63, 3.8) is 0 Å². The summed E-state index contributed by atoms with van der Waals surface area (Å²) in [6.07, 6.45) is 5.87. The summed E-state index contributed by atoms with van der Waals surface area (Å²) in [5.41, 5.74) is 3.53. The second-order valence-electron chi connectivity index (χ2n) is 8.23. The van der Waals surface area contributed by atoms with Crippen molar-refractivity contribution in [3.8, 4) is 5.75 Å². The number of hydrogen-bond donors (Lipinski definition) is 1. The molecule has 2 aliphatic heterocycles. The van der Waals surface area contributed by atoms with Crippen LogP contribution in [0.2, 0.25) is 0 Å². The number of ether oxygens (including phenoxy) is 1. The molecule has 2 saturated heterocycles. The highest BCUT2D eigenvalue weighted by molar-refractivity contribution is 5.80. The molecule has 2 atom stereocenters. The molecule has 1 aromatic heterocycles. The van der Waals surface area contributed by atoms with Gasteiger partial charge in [0.1, 0.15) is 11.9 Å². The average Bonchev–Trinajstić information content (AvgIpc) is 3.33. The smallest absolute Gasteiger partial charge is 0.227 e. The third-order valence-corrected chi connectivity index (χ3v) is 6.08. The molecule has 2 fully saturated rings. The highest BCUT2D eigenvalue weighted by Crippen LogP contribution is 2.31. The van der Waals surface area contributed by atoms with E-state index in [0.29, 0.717) is 0 Å². The zero-order chi connectivity index (χ0) is 19.7. The minimum Gasteiger partial charge on any atom is -0.490 e. The van der Waals surface area contributed by atoms with Gasteiger partial charge >= 0.3 is 0 Å². The van der Waals surface area contributed by atoms with E-state index in [1.807, 2.05) is 29.0 Å². The molecule has 2 aliphatic rings. The average molecular weight is 383 g/mol. The first-order chi connectivity index (χ1) is 13.5. The topological polar surface area (TPSA) is 59.4 Å². The van der Waals surface area contributed by atoms with Gasteiger partial charge in [0.2, 0.25) is 5.91 Å². The summed E-state index contributed by atoms with van der Waals surface area (Å²) < 4.78 is 8.06. The van der Waals surface area contributed by atoms with E-state index in [9.17, 15) is 4.79 Å². The van der Waals surface area contributed by atoms with Gasteiger partial charge in [0, 0.05) is 58.2 Å². The Hall–Kier alpha value is -2.34. The number of amides is 1. The fraction of sp³-hybridized carbons (Fsp3) is 0.545. The monoisotopic (exact) mass is 382 g/mol. The number of piperidine rings is 1. The zero-order valence-electron chi connectivity index (χ0n) is 17.0. The zero-order valence-corrected chi connectivity index (χ0v) is 17.0. The number of carbonyl (C=O) groups excluding carboxylic acids is 1. The Morgan fingerprint density at radius 2 is 2.00 bits per heavy atom. The molecule has 6 heteroatoms. The lowest BCUT2D eigenvalue weighted by atomic mass is 9.89. The van der Waals surface area contributed by atoms with Crippen molar-refractivity contribution in [1.29, 1.82) is 0 Å². The number of aryl methyl sites for hydroxylation is 3. The Bertz CT molecular complexity index is 839. The summed E-state index contributed by atoms with van der Waals surface area (Å²) in [6.45, 7) is 7.29. The van der Waals surface area contributed by atoms with Crippen molar-refractivity contribution in [1.82, 2.24) is 20.0 Å². The molecule has 0 spiro atoms. The lowest BCUT2D eigenvalue weighted by Crippen LogP contribution is -2.45. The molecule has 2 aromatic rings. The van der Waals surface area contributed by atoms with Crippen molar-refractivity contribution in [2.45, 2.75) is 38.7 Å². The molecule has 28 heavy (non-hydrogen) atoms. The lowest BCUT2D eigenvalue weighted by Gasteiger charge is -2.34. The van der Waals surface area contributed by atoms with E-state index in [1.54, 1.807) is 0 Å². The summed E-state index contributed by atoms with van der Waals surface area (Å²) >= 11 is 0. The third kappa shape index (κ3) is 3.92. The van der Waals surface area contributed by atoms with Gasteiger partial charge in [0.25, 0.3) is 0 Å². The lowest BCUT2D eigenvalue weighted by molar-refractivity contribution is -0.137. The molecular weight excluding hydrogens is 352 g/mol. The van der Waals surface area contributed by atoms with Crippen LogP contribution >= 0.6 is 0 Å². The van der Waals surface area contributed by atoms with Crippen molar-refractivity contribution in [3.05, 3.63) is 47.3 Å². The van der Waals surface area contributed by atoms with Crippen LogP contribution in [0.1, 0.15) is 35.4 Å². The fourth-order valence-electron chi connectivity index (χ4n) is 4.36. The molecule has 0 unspecified atom stereocenters. The van der Waals surface area contributed by atoms with Crippen LogP contribution in [-0.2, 0) is 11.8 Å². The van der Waals surface area contributed by atoms with Gasteiger partial charge in [-0.15, -0.1) is 0 Å². The van der Waals surface area contributed by atoms with Gasteiger partial charge in [-0.25, -0.2) is 0 Å². The van der Waals surface area contributed by atoms with Gasteiger partial charge in [-0.2, -0.15) is 5.10 Å². The second-order valence-corrected chi connectivity index (χ2v) is 8.23. The highest BCUT2D eigenvalue weighted by atomic mass is 16.5. The van der Waals surface area contributed by atoms with Crippen molar-refractivity contribution in [2.24, 2.45) is 13.0 Å². The summed E-state index contributed by atoms with van der Waals surface area (Å²) in [4.78, 5) is 15.2. The van der Waals surface area contributed by atoms with E-state index in [4.69, 9.17) is 4.74 Å². The fourth-order valence-corrected chi connectivity index (χ4v) is 4.36. The molecule has 1 N–H and O–H groups in total. The molecule has 1 aromatic carbocycles. The molecule has 0 radical (unpaired) electrons. The van der Waals surface area contributed by atoms with Gasteiger partial charge in [-0.1, -0.05) is 12.1 Å². The first-order valence-electron chi connectivity index (χ1n) is 10.2. The quantitative estimate of drug-likeness (QED) is 0.882. The van der Waals surface area contributed by atoms with Crippen molar-refractivity contribution in [2.75, 3.05) is 26.2 Å². The largest absolute Gasteiger partial charge is 0.490 e. The molecule has 0 bridgehead atoms. The normalized spacial score (nSPS) is 23.2. The van der Waals surface area contributed by atoms with Crippen LogP contribution < -0.4 is 10.1 Å². The van der Waals surface area contributed by atoms with Crippen LogP contribution in [0.4, 0.5) is 0 Å². The molecule has 6 nitrogen and oxygen atoms in total. The van der Waals surface area contributed by atoms with Crippen LogP contribution in [0.5, 0.6) is 5.75 Å². The maximum Gasteiger partial charge on any atom is 0.227 e. The number of hydrogen-bond acceptors (Lipinski definition) is 4. The number of rotatable bonds is 4. The number of likely N-dealkylation sites (tertiary alicyclic amines) is 1. The Balaban J connectivity index is 1.35. The summed E-state index contributed by atoms with van der Waals surface area (Å²) in [6, 6.07) is 6.32. The van der Waals surface area contributed by atoms with Crippen LogP contribution in [0, 0.1) is 19.8 Å². The van der Waals surface area contributed by atoms with Crippen LogP contribution in [0.25, 0.3) is 0 Å². The van der Waals surface area contributed by atoms with Gasteiger partial charge in [-0.3, -0.25) is 9.48 Å².